The summed E-state index contributed by atoms with van der Waals surface area (Å²) >= 11 is 0. The molecule has 3 N–H and O–H groups in total. The molecule has 0 unspecified atom stereocenters. The fraction of sp³-hybridized carbons (Fsp3) is 0.429. The molecule has 0 saturated heterocycles. The average molecular weight is 414 g/mol. The largest absolute Gasteiger partial charge is 0.455 e. The van der Waals surface area contributed by atoms with E-state index in [2.05, 4.69) is 4.98 Å². The minimum Gasteiger partial charge on any atom is -0.455 e. The van der Waals surface area contributed by atoms with E-state index >= 15 is 0 Å². The molecule has 0 aliphatic heterocycles. The lowest BCUT2D eigenvalue weighted by molar-refractivity contribution is -0.154. The summed E-state index contributed by atoms with van der Waals surface area (Å²) in [7, 11) is 0. The van der Waals surface area contributed by atoms with Crippen molar-refractivity contribution in [2.24, 2.45) is 5.92 Å². The number of nitrogens with zero attached hydrogens (tertiary/aromatic N) is 2. The molecule has 9 heteroatoms. The molecule has 0 bridgehead atoms. The highest BCUT2D eigenvalue weighted by atomic mass is 16.5. The van der Waals surface area contributed by atoms with Crippen LogP contribution >= 0.6 is 0 Å². The molecular formula is C21H26N4O5. The van der Waals surface area contributed by atoms with Gasteiger partial charge in [-0.2, -0.15) is 0 Å². The highest BCUT2D eigenvalue weighted by molar-refractivity contribution is 5.97. The molecule has 1 aliphatic rings. The summed E-state index contributed by atoms with van der Waals surface area (Å²) < 4.78 is 6.34. The smallest absolute Gasteiger partial charge is 0.330 e. The van der Waals surface area contributed by atoms with Gasteiger partial charge in [0, 0.05) is 6.54 Å². The number of esters is 1. The summed E-state index contributed by atoms with van der Waals surface area (Å²) in [6.07, 6.45) is 3.05. The van der Waals surface area contributed by atoms with Gasteiger partial charge in [0.25, 0.3) is 11.5 Å². The first-order valence-corrected chi connectivity index (χ1v) is 10.1. The fourth-order valence-electron chi connectivity index (χ4n) is 3.32. The van der Waals surface area contributed by atoms with E-state index < -0.39 is 29.7 Å². The van der Waals surface area contributed by atoms with Gasteiger partial charge in [0.1, 0.15) is 5.82 Å². The topological polar surface area (TPSA) is 127 Å². The molecule has 0 atom stereocenters. The number of amides is 1. The highest BCUT2D eigenvalue weighted by Gasteiger charge is 2.29. The zero-order chi connectivity index (χ0) is 21.7. The van der Waals surface area contributed by atoms with Gasteiger partial charge in [-0.05, 0) is 24.8 Å². The van der Waals surface area contributed by atoms with E-state index in [1.807, 2.05) is 37.3 Å². The summed E-state index contributed by atoms with van der Waals surface area (Å²) in [4.78, 5) is 53.0. The van der Waals surface area contributed by atoms with Crippen molar-refractivity contribution in [3.63, 3.8) is 0 Å². The number of hydrogen-bond acceptors (Lipinski definition) is 6. The SMILES string of the molecule is CCCN(C(=O)COC(=O)C1CCC1)c1c(N)n(Cc2ccccc2)c(=O)[nH]c1=O. The highest BCUT2D eigenvalue weighted by Crippen LogP contribution is 2.27. The number of H-pyrrole nitrogens is 1. The molecule has 1 aromatic carbocycles. The molecule has 1 heterocycles. The molecular weight excluding hydrogens is 388 g/mol. The number of hydrogen-bond donors (Lipinski definition) is 2. The number of nitrogens with one attached hydrogen (secondary N) is 1. The number of nitrogen functional groups attached to an aromatic ring is 1. The van der Waals surface area contributed by atoms with Crippen LogP contribution in [0.2, 0.25) is 0 Å². The number of benzene rings is 1. The second-order valence-electron chi connectivity index (χ2n) is 7.35. The third-order valence-electron chi connectivity index (χ3n) is 5.19. The average Bonchev–Trinajstić information content (AvgIpc) is 2.68. The van der Waals surface area contributed by atoms with E-state index in [1.54, 1.807) is 0 Å². The first-order chi connectivity index (χ1) is 14.4. The summed E-state index contributed by atoms with van der Waals surface area (Å²) in [6.45, 7) is 1.69. The molecule has 9 nitrogen and oxygen atoms in total. The molecule has 1 aromatic heterocycles. The number of carbonyl (C=O) groups excluding carboxylic acids is 2. The third kappa shape index (κ3) is 4.61. The van der Waals surface area contributed by atoms with Gasteiger partial charge in [0.2, 0.25) is 0 Å². The Hall–Kier alpha value is -3.36. The van der Waals surface area contributed by atoms with Gasteiger partial charge in [0.15, 0.2) is 12.3 Å². The normalized spacial score (nSPS) is 13.5. The van der Waals surface area contributed by atoms with Crippen LogP contribution < -0.4 is 21.9 Å². The van der Waals surface area contributed by atoms with Crippen LogP contribution in [0.4, 0.5) is 11.5 Å². The third-order valence-corrected chi connectivity index (χ3v) is 5.19. The first kappa shape index (κ1) is 21.4. The van der Waals surface area contributed by atoms with Crippen LogP contribution in [-0.4, -0.2) is 34.6 Å². The standard InChI is InChI=1S/C21H26N4O5/c1-2-11-24(16(26)13-30-20(28)15-9-6-10-15)17-18(22)25(21(29)23-19(17)27)12-14-7-4-3-5-8-14/h3-5,7-8,15H,2,6,9-13,22H2,1H3,(H,23,27,29). The summed E-state index contributed by atoms with van der Waals surface area (Å²) in [6, 6.07) is 9.15. The van der Waals surface area contributed by atoms with E-state index in [1.165, 1.54) is 9.47 Å². The molecule has 1 aliphatic carbocycles. The second-order valence-corrected chi connectivity index (χ2v) is 7.35. The van der Waals surface area contributed by atoms with E-state index in [0.29, 0.717) is 6.42 Å². The quantitative estimate of drug-likeness (QED) is 0.626. The van der Waals surface area contributed by atoms with Crippen molar-refractivity contribution in [3.05, 3.63) is 56.7 Å². The Balaban J connectivity index is 1.88. The molecule has 0 radical (unpaired) electrons. The molecule has 1 fully saturated rings. The number of anilines is 2. The maximum Gasteiger partial charge on any atom is 0.330 e. The van der Waals surface area contributed by atoms with Crippen LogP contribution in [0.3, 0.4) is 0 Å². The van der Waals surface area contributed by atoms with Crippen LogP contribution in [0.15, 0.2) is 39.9 Å². The Morgan fingerprint density at radius 2 is 1.93 bits per heavy atom. The molecule has 160 valence electrons. The summed E-state index contributed by atoms with van der Waals surface area (Å²) in [5.74, 6) is -1.23. The van der Waals surface area contributed by atoms with Gasteiger partial charge in [-0.15, -0.1) is 0 Å². The lowest BCUT2D eigenvalue weighted by Crippen LogP contribution is -2.43. The Labute approximate surface area is 173 Å². The van der Waals surface area contributed by atoms with Crippen molar-refractivity contribution in [2.75, 3.05) is 23.8 Å². The first-order valence-electron chi connectivity index (χ1n) is 10.1. The zero-order valence-electron chi connectivity index (χ0n) is 16.9. The molecule has 3 rings (SSSR count). The van der Waals surface area contributed by atoms with Gasteiger partial charge in [-0.25, -0.2) is 4.79 Å². The summed E-state index contributed by atoms with van der Waals surface area (Å²) in [5, 5.41) is 0. The minimum atomic E-state index is -0.756. The monoisotopic (exact) mass is 414 g/mol. The summed E-state index contributed by atoms with van der Waals surface area (Å²) in [5.41, 5.74) is 5.46. The van der Waals surface area contributed by atoms with Crippen LogP contribution in [0.25, 0.3) is 0 Å². The number of nitrogens with two attached hydrogens (primary N) is 1. The number of aromatic amines is 1. The van der Waals surface area contributed by atoms with E-state index in [-0.39, 0.29) is 30.5 Å². The van der Waals surface area contributed by atoms with Gasteiger partial charge in [-0.1, -0.05) is 43.7 Å². The van der Waals surface area contributed by atoms with Crippen molar-refractivity contribution < 1.29 is 14.3 Å². The van der Waals surface area contributed by atoms with Crippen LogP contribution in [0.1, 0.15) is 38.2 Å². The molecule has 1 saturated carbocycles. The fourth-order valence-corrected chi connectivity index (χ4v) is 3.32. The van der Waals surface area contributed by atoms with Crippen molar-refractivity contribution in [1.29, 1.82) is 0 Å². The Morgan fingerprint density at radius 1 is 1.23 bits per heavy atom. The van der Waals surface area contributed by atoms with Crippen molar-refractivity contribution >= 4 is 23.4 Å². The lowest BCUT2D eigenvalue weighted by atomic mass is 9.86. The van der Waals surface area contributed by atoms with Crippen LogP contribution in [0.5, 0.6) is 0 Å². The predicted molar refractivity (Wildman–Crippen MR) is 112 cm³/mol. The maximum atomic E-state index is 12.8. The lowest BCUT2D eigenvalue weighted by Gasteiger charge is -2.26. The maximum absolute atomic E-state index is 12.8. The van der Waals surface area contributed by atoms with Gasteiger partial charge < -0.3 is 15.4 Å². The second kappa shape index (κ2) is 9.43. The van der Waals surface area contributed by atoms with Crippen molar-refractivity contribution in [1.82, 2.24) is 9.55 Å². The molecule has 2 aromatic rings. The van der Waals surface area contributed by atoms with Gasteiger partial charge in [0.05, 0.1) is 12.5 Å². The van der Waals surface area contributed by atoms with E-state index in [9.17, 15) is 19.2 Å². The van der Waals surface area contributed by atoms with E-state index in [0.717, 1.165) is 24.8 Å². The minimum absolute atomic E-state index is 0.111. The van der Waals surface area contributed by atoms with E-state index in [4.69, 9.17) is 10.5 Å². The van der Waals surface area contributed by atoms with Gasteiger partial charge in [-0.3, -0.25) is 23.9 Å². The van der Waals surface area contributed by atoms with Crippen LogP contribution in [0, 0.1) is 5.92 Å². The Kier molecular flexibility index (Phi) is 6.71. The molecule has 1 amide bonds. The van der Waals surface area contributed by atoms with Crippen molar-refractivity contribution in [3.8, 4) is 0 Å². The van der Waals surface area contributed by atoms with Crippen LogP contribution in [-0.2, 0) is 20.9 Å². The number of ether oxygens (including phenoxy) is 1. The van der Waals surface area contributed by atoms with Crippen molar-refractivity contribution in [2.45, 2.75) is 39.2 Å². The predicted octanol–water partition coefficient (Wildman–Crippen LogP) is 1.25. The zero-order valence-corrected chi connectivity index (χ0v) is 16.9. The number of rotatable bonds is 8. The molecule has 0 spiro atoms. The Morgan fingerprint density at radius 3 is 2.53 bits per heavy atom. The Bertz CT molecular complexity index is 1020. The number of aromatic nitrogens is 2. The van der Waals surface area contributed by atoms with Gasteiger partial charge >= 0.3 is 11.7 Å². The molecule has 30 heavy (non-hydrogen) atoms. The number of carbonyl (C=O) groups is 2.